The van der Waals surface area contributed by atoms with Gasteiger partial charge in [0.05, 0.1) is 16.6 Å². The SMILES string of the molecule is N#Cc1c2c(c(N3CCC(C(N)=O)CC3)n3c1nc1ccccc13)CN(CCc1cccnc1)CC2. The summed E-state index contributed by atoms with van der Waals surface area (Å²) in [7, 11) is 0. The molecule has 2 aliphatic heterocycles. The molecule has 8 heteroatoms. The minimum atomic E-state index is -0.212. The van der Waals surface area contributed by atoms with Crippen LogP contribution in [-0.2, 0) is 24.2 Å². The van der Waals surface area contributed by atoms with E-state index in [1.165, 1.54) is 11.1 Å². The lowest BCUT2D eigenvalue weighted by Crippen LogP contribution is -2.41. The van der Waals surface area contributed by atoms with Gasteiger partial charge in [-0.15, -0.1) is 0 Å². The molecule has 0 bridgehead atoms. The molecule has 182 valence electrons. The monoisotopic (exact) mass is 479 g/mol. The molecule has 1 amide bonds. The summed E-state index contributed by atoms with van der Waals surface area (Å²) in [6.45, 7) is 4.12. The van der Waals surface area contributed by atoms with E-state index in [2.05, 4.69) is 37.4 Å². The molecule has 1 fully saturated rings. The molecular formula is C28H29N7O. The first kappa shape index (κ1) is 22.5. The van der Waals surface area contributed by atoms with Gasteiger partial charge in [0.2, 0.25) is 5.91 Å². The summed E-state index contributed by atoms with van der Waals surface area (Å²) < 4.78 is 2.18. The van der Waals surface area contributed by atoms with Gasteiger partial charge in [-0.1, -0.05) is 18.2 Å². The highest BCUT2D eigenvalue weighted by molar-refractivity contribution is 5.86. The first-order valence-electron chi connectivity index (χ1n) is 12.6. The fourth-order valence-corrected chi connectivity index (χ4v) is 5.83. The molecular weight excluding hydrogens is 450 g/mol. The summed E-state index contributed by atoms with van der Waals surface area (Å²) >= 11 is 0. The summed E-state index contributed by atoms with van der Waals surface area (Å²) in [4.78, 5) is 25.8. The molecule has 0 saturated carbocycles. The number of nitrogens with two attached hydrogens (primary N) is 1. The Bertz CT molecular complexity index is 1480. The van der Waals surface area contributed by atoms with Crippen LogP contribution in [0.5, 0.6) is 0 Å². The van der Waals surface area contributed by atoms with Crippen LogP contribution in [-0.4, -0.2) is 51.4 Å². The van der Waals surface area contributed by atoms with E-state index in [1.54, 1.807) is 6.20 Å². The van der Waals surface area contributed by atoms with Gasteiger partial charge < -0.3 is 10.6 Å². The van der Waals surface area contributed by atoms with E-state index >= 15 is 0 Å². The van der Waals surface area contributed by atoms with Crippen molar-refractivity contribution >= 4 is 28.4 Å². The first-order chi connectivity index (χ1) is 17.6. The normalized spacial score (nSPS) is 16.8. The molecule has 1 saturated heterocycles. The van der Waals surface area contributed by atoms with Crippen LogP contribution in [0.3, 0.4) is 0 Å². The van der Waals surface area contributed by atoms with Crippen LogP contribution in [0, 0.1) is 17.2 Å². The number of carbonyl (C=O) groups is 1. The number of hydrogen-bond acceptors (Lipinski definition) is 6. The van der Waals surface area contributed by atoms with Crippen molar-refractivity contribution in [1.29, 1.82) is 5.26 Å². The second kappa shape index (κ2) is 9.25. The Labute approximate surface area is 210 Å². The first-order valence-corrected chi connectivity index (χ1v) is 12.6. The van der Waals surface area contributed by atoms with E-state index in [9.17, 15) is 10.1 Å². The second-order valence-electron chi connectivity index (χ2n) is 9.83. The number of hydrogen-bond donors (Lipinski definition) is 1. The van der Waals surface area contributed by atoms with Gasteiger partial charge in [0.15, 0.2) is 5.65 Å². The van der Waals surface area contributed by atoms with Crippen LogP contribution < -0.4 is 10.6 Å². The zero-order valence-electron chi connectivity index (χ0n) is 20.2. The molecule has 5 heterocycles. The average Bonchev–Trinajstić information content (AvgIpc) is 3.30. The number of rotatable bonds is 5. The molecule has 3 aromatic heterocycles. The summed E-state index contributed by atoms with van der Waals surface area (Å²) in [5.41, 5.74) is 12.5. The van der Waals surface area contributed by atoms with Crippen molar-refractivity contribution in [1.82, 2.24) is 19.3 Å². The number of anilines is 1. The minimum absolute atomic E-state index is 0.0820. The maximum atomic E-state index is 11.8. The number of piperidine rings is 1. The fourth-order valence-electron chi connectivity index (χ4n) is 5.83. The Kier molecular flexibility index (Phi) is 5.78. The number of fused-ring (bicyclic) bond motifs is 4. The third kappa shape index (κ3) is 3.86. The number of imidazole rings is 1. The van der Waals surface area contributed by atoms with E-state index in [0.717, 1.165) is 86.5 Å². The standard InChI is InChI=1S/C28H29N7O/c29-16-22-21-10-13-33(12-7-19-4-3-11-31-17-19)18-23(21)28(34-14-8-20(9-15-34)26(30)36)35-25-6-2-1-5-24(25)32-27(22)35/h1-6,11,17,20H,7-10,12-15,18H2,(H2,30,36). The quantitative estimate of drug-likeness (QED) is 0.472. The number of nitriles is 1. The zero-order valence-corrected chi connectivity index (χ0v) is 20.2. The van der Waals surface area contributed by atoms with E-state index in [0.29, 0.717) is 5.56 Å². The van der Waals surface area contributed by atoms with E-state index < -0.39 is 0 Å². The van der Waals surface area contributed by atoms with Crippen LogP contribution in [0.1, 0.15) is 35.1 Å². The van der Waals surface area contributed by atoms with E-state index in [1.807, 2.05) is 30.5 Å². The maximum absolute atomic E-state index is 11.8. The number of pyridine rings is 2. The van der Waals surface area contributed by atoms with Crippen LogP contribution in [0.25, 0.3) is 16.7 Å². The van der Waals surface area contributed by atoms with Crippen molar-refractivity contribution in [2.75, 3.05) is 31.1 Å². The van der Waals surface area contributed by atoms with Crippen LogP contribution in [0.4, 0.5) is 5.82 Å². The van der Waals surface area contributed by atoms with Crippen molar-refractivity contribution < 1.29 is 4.79 Å². The van der Waals surface area contributed by atoms with Gasteiger partial charge >= 0.3 is 0 Å². The average molecular weight is 480 g/mol. The minimum Gasteiger partial charge on any atom is -0.369 e. The largest absolute Gasteiger partial charge is 0.369 e. The Morgan fingerprint density at radius 1 is 1.11 bits per heavy atom. The molecule has 4 aromatic rings. The number of primary amides is 1. The van der Waals surface area contributed by atoms with Crippen LogP contribution in [0.15, 0.2) is 48.8 Å². The summed E-state index contributed by atoms with van der Waals surface area (Å²) in [6.07, 6.45) is 6.96. The van der Waals surface area contributed by atoms with Gasteiger partial charge in [0.1, 0.15) is 11.9 Å². The third-order valence-corrected chi connectivity index (χ3v) is 7.74. The summed E-state index contributed by atoms with van der Waals surface area (Å²) in [5.74, 6) is 0.819. The van der Waals surface area contributed by atoms with Gasteiger partial charge in [-0.25, -0.2) is 4.98 Å². The molecule has 0 unspecified atom stereocenters. The molecule has 2 N–H and O–H groups in total. The number of carbonyl (C=O) groups excluding carboxylic acids is 1. The molecule has 1 aromatic carbocycles. The number of nitrogens with zero attached hydrogens (tertiary/aromatic N) is 6. The Morgan fingerprint density at radius 2 is 1.94 bits per heavy atom. The smallest absolute Gasteiger partial charge is 0.220 e. The van der Waals surface area contributed by atoms with Crippen molar-refractivity contribution in [3.8, 4) is 6.07 Å². The lowest BCUT2D eigenvalue weighted by atomic mass is 9.92. The lowest BCUT2D eigenvalue weighted by Gasteiger charge is -2.38. The van der Waals surface area contributed by atoms with Crippen molar-refractivity contribution in [2.24, 2.45) is 11.7 Å². The highest BCUT2D eigenvalue weighted by Crippen LogP contribution is 2.38. The molecule has 0 atom stereocenters. The molecule has 0 aliphatic carbocycles. The zero-order chi connectivity index (χ0) is 24.6. The molecule has 0 spiro atoms. The predicted molar refractivity (Wildman–Crippen MR) is 138 cm³/mol. The number of para-hydroxylation sites is 2. The lowest BCUT2D eigenvalue weighted by molar-refractivity contribution is -0.122. The van der Waals surface area contributed by atoms with Crippen LogP contribution >= 0.6 is 0 Å². The predicted octanol–water partition coefficient (Wildman–Crippen LogP) is 3.06. The summed E-state index contributed by atoms with van der Waals surface area (Å²) in [6, 6.07) is 14.7. The van der Waals surface area contributed by atoms with Gasteiger partial charge in [0.25, 0.3) is 0 Å². The van der Waals surface area contributed by atoms with Gasteiger partial charge in [-0.05, 0) is 55.0 Å². The number of aromatic nitrogens is 3. The van der Waals surface area contributed by atoms with Crippen molar-refractivity contribution in [3.05, 3.63) is 71.0 Å². The van der Waals surface area contributed by atoms with Crippen LogP contribution in [0.2, 0.25) is 0 Å². The number of benzene rings is 1. The maximum Gasteiger partial charge on any atom is 0.220 e. The molecule has 36 heavy (non-hydrogen) atoms. The van der Waals surface area contributed by atoms with E-state index in [4.69, 9.17) is 10.7 Å². The van der Waals surface area contributed by atoms with Gasteiger partial charge in [-0.3, -0.25) is 19.1 Å². The second-order valence-corrected chi connectivity index (χ2v) is 9.83. The highest BCUT2D eigenvalue weighted by Gasteiger charge is 2.32. The highest BCUT2D eigenvalue weighted by atomic mass is 16.1. The van der Waals surface area contributed by atoms with Gasteiger partial charge in [-0.2, -0.15) is 5.26 Å². The van der Waals surface area contributed by atoms with Crippen molar-refractivity contribution in [3.63, 3.8) is 0 Å². The third-order valence-electron chi connectivity index (χ3n) is 7.74. The molecule has 6 rings (SSSR count). The molecule has 8 nitrogen and oxygen atoms in total. The summed E-state index contributed by atoms with van der Waals surface area (Å²) in [5, 5.41) is 10.2. The molecule has 0 radical (unpaired) electrons. The Morgan fingerprint density at radius 3 is 2.69 bits per heavy atom. The molecule has 2 aliphatic rings. The van der Waals surface area contributed by atoms with E-state index in [-0.39, 0.29) is 11.8 Å². The Balaban J connectivity index is 1.45. The topological polar surface area (TPSA) is 104 Å². The van der Waals surface area contributed by atoms with Crippen molar-refractivity contribution in [2.45, 2.75) is 32.2 Å². The number of amides is 1. The fraction of sp³-hybridized carbons (Fsp3) is 0.357. The Hall–Kier alpha value is -3.96. The van der Waals surface area contributed by atoms with Gasteiger partial charge in [0, 0.05) is 56.6 Å².